The van der Waals surface area contributed by atoms with Gasteiger partial charge in [-0.2, -0.15) is 0 Å². The van der Waals surface area contributed by atoms with Gasteiger partial charge in [-0.25, -0.2) is 14.8 Å². The minimum absolute atomic E-state index is 0.0737. The molecule has 176 valence electrons. The van der Waals surface area contributed by atoms with Gasteiger partial charge in [0.15, 0.2) is 22.9 Å². The third-order valence-electron chi connectivity index (χ3n) is 5.09. The van der Waals surface area contributed by atoms with Crippen LogP contribution in [0.3, 0.4) is 0 Å². The highest BCUT2D eigenvalue weighted by atomic mass is 16.5. The van der Waals surface area contributed by atoms with Crippen molar-refractivity contribution in [3.63, 3.8) is 0 Å². The second-order valence-electron chi connectivity index (χ2n) is 7.61. The van der Waals surface area contributed by atoms with E-state index >= 15 is 0 Å². The third-order valence-corrected chi connectivity index (χ3v) is 5.09. The highest BCUT2D eigenvalue weighted by Crippen LogP contribution is 2.40. The van der Waals surface area contributed by atoms with Gasteiger partial charge < -0.3 is 29.2 Å². The number of allylic oxidation sites excluding steroid dienone is 1. The Morgan fingerprint density at radius 3 is 2.76 bits per heavy atom. The summed E-state index contributed by atoms with van der Waals surface area (Å²) in [4.78, 5) is 34.3. The SMILES string of the molecule is CC(=O)O.CCOC(=O)c1c(N2CCCN(C)CC2)oc(C=C2C=Nc3ncccc32)c1O. The number of carbonyl (C=O) groups excluding carboxylic acids is 1. The number of likely N-dealkylation sites (N-methyl/N-ethyl adjacent to an activating group) is 1. The van der Waals surface area contributed by atoms with Crippen molar-refractivity contribution in [2.45, 2.75) is 20.3 Å². The van der Waals surface area contributed by atoms with Crippen LogP contribution in [0.2, 0.25) is 0 Å². The number of hydrogen-bond acceptors (Lipinski definition) is 9. The maximum atomic E-state index is 12.6. The Labute approximate surface area is 191 Å². The van der Waals surface area contributed by atoms with E-state index in [1.807, 2.05) is 17.0 Å². The summed E-state index contributed by atoms with van der Waals surface area (Å²) >= 11 is 0. The molecule has 0 spiro atoms. The summed E-state index contributed by atoms with van der Waals surface area (Å²) in [6.07, 6.45) is 5.96. The van der Waals surface area contributed by atoms with E-state index in [2.05, 4.69) is 21.9 Å². The van der Waals surface area contributed by atoms with Crippen molar-refractivity contribution in [2.75, 3.05) is 44.7 Å². The quantitative estimate of drug-likeness (QED) is 0.667. The lowest BCUT2D eigenvalue weighted by atomic mass is 10.1. The summed E-state index contributed by atoms with van der Waals surface area (Å²) in [5.74, 6) is -0.461. The summed E-state index contributed by atoms with van der Waals surface area (Å²) < 4.78 is 11.2. The lowest BCUT2D eigenvalue weighted by molar-refractivity contribution is -0.134. The number of fused-ring (bicyclic) bond motifs is 1. The lowest BCUT2D eigenvalue weighted by Gasteiger charge is -2.20. The van der Waals surface area contributed by atoms with E-state index in [1.54, 1.807) is 25.4 Å². The van der Waals surface area contributed by atoms with Crippen LogP contribution >= 0.6 is 0 Å². The highest BCUT2D eigenvalue weighted by molar-refractivity contribution is 6.21. The predicted octanol–water partition coefficient (Wildman–Crippen LogP) is 3.05. The van der Waals surface area contributed by atoms with Crippen LogP contribution in [0.5, 0.6) is 5.75 Å². The van der Waals surface area contributed by atoms with Crippen LogP contribution in [0.4, 0.5) is 11.7 Å². The molecule has 10 nitrogen and oxygen atoms in total. The summed E-state index contributed by atoms with van der Waals surface area (Å²) in [7, 11) is 2.07. The number of carboxylic acid groups (broad SMARTS) is 1. The number of carbonyl (C=O) groups is 2. The van der Waals surface area contributed by atoms with Gasteiger partial charge in [0.25, 0.3) is 5.97 Å². The maximum Gasteiger partial charge on any atom is 0.347 e. The fourth-order valence-electron chi connectivity index (χ4n) is 3.57. The van der Waals surface area contributed by atoms with Crippen molar-refractivity contribution in [1.82, 2.24) is 9.88 Å². The van der Waals surface area contributed by atoms with Crippen LogP contribution in [0, 0.1) is 0 Å². The Bertz CT molecular complexity index is 1070. The topological polar surface area (TPSA) is 129 Å². The monoisotopic (exact) mass is 456 g/mol. The first-order chi connectivity index (χ1) is 15.8. The Balaban J connectivity index is 0.000000709. The molecule has 0 unspecified atom stereocenters. The Kier molecular flexibility index (Phi) is 7.83. The number of aliphatic carboxylic acids is 1. The molecule has 0 aromatic carbocycles. The van der Waals surface area contributed by atoms with E-state index in [0.717, 1.165) is 44.1 Å². The molecule has 2 aliphatic rings. The number of hydrogen-bond donors (Lipinski definition) is 2. The second kappa shape index (κ2) is 10.8. The Morgan fingerprint density at radius 2 is 2.03 bits per heavy atom. The van der Waals surface area contributed by atoms with Gasteiger partial charge in [-0.05, 0) is 45.1 Å². The molecule has 2 N–H and O–H groups in total. The first kappa shape index (κ1) is 24.0. The summed E-state index contributed by atoms with van der Waals surface area (Å²) in [5.41, 5.74) is 1.68. The first-order valence-electron chi connectivity index (χ1n) is 10.7. The number of furan rings is 1. The molecule has 0 aliphatic carbocycles. The minimum Gasteiger partial charge on any atom is -0.504 e. The van der Waals surface area contributed by atoms with Crippen molar-refractivity contribution in [3.05, 3.63) is 35.2 Å². The highest BCUT2D eigenvalue weighted by Gasteiger charge is 2.30. The molecule has 0 radical (unpaired) electrons. The number of aromatic hydroxyl groups is 1. The fourth-order valence-corrected chi connectivity index (χ4v) is 3.57. The number of aromatic nitrogens is 1. The molecule has 0 saturated carbocycles. The van der Waals surface area contributed by atoms with E-state index in [4.69, 9.17) is 19.1 Å². The molecular formula is C23H28N4O6. The molecule has 0 atom stereocenters. The molecule has 0 amide bonds. The summed E-state index contributed by atoms with van der Waals surface area (Å²) in [6, 6.07) is 3.73. The average Bonchev–Trinajstić information content (AvgIpc) is 3.23. The van der Waals surface area contributed by atoms with Gasteiger partial charge in [0.1, 0.15) is 0 Å². The van der Waals surface area contributed by atoms with Gasteiger partial charge in [0.2, 0.25) is 5.88 Å². The van der Waals surface area contributed by atoms with Gasteiger partial charge >= 0.3 is 5.97 Å². The molecule has 2 aliphatic heterocycles. The zero-order chi connectivity index (χ0) is 24.0. The van der Waals surface area contributed by atoms with Crippen LogP contribution in [0.15, 0.2) is 27.7 Å². The number of pyridine rings is 1. The van der Waals surface area contributed by atoms with E-state index in [1.165, 1.54) is 0 Å². The maximum absolute atomic E-state index is 12.6. The van der Waals surface area contributed by atoms with Crippen LogP contribution in [0.25, 0.3) is 11.6 Å². The molecular weight excluding hydrogens is 428 g/mol. The molecule has 2 aromatic heterocycles. The van der Waals surface area contributed by atoms with Crippen molar-refractivity contribution >= 4 is 41.5 Å². The van der Waals surface area contributed by atoms with Crippen molar-refractivity contribution in [1.29, 1.82) is 0 Å². The van der Waals surface area contributed by atoms with E-state index < -0.39 is 11.9 Å². The molecule has 4 heterocycles. The van der Waals surface area contributed by atoms with Gasteiger partial charge in [-0.3, -0.25) is 4.79 Å². The number of ether oxygens (including phenoxy) is 1. The van der Waals surface area contributed by atoms with E-state index in [9.17, 15) is 9.90 Å². The zero-order valence-corrected chi connectivity index (χ0v) is 18.9. The van der Waals surface area contributed by atoms with Crippen molar-refractivity contribution in [3.8, 4) is 5.75 Å². The smallest absolute Gasteiger partial charge is 0.347 e. The van der Waals surface area contributed by atoms with Crippen LogP contribution in [-0.2, 0) is 9.53 Å². The van der Waals surface area contributed by atoms with Crippen molar-refractivity contribution < 1.29 is 29.0 Å². The molecule has 1 saturated heterocycles. The van der Waals surface area contributed by atoms with Gasteiger partial charge in [-0.1, -0.05) is 0 Å². The minimum atomic E-state index is -0.833. The standard InChI is InChI=1S/C21H24N4O4.C2H4O2/c1-3-28-21(27)17-18(26)16(12-14-13-23-19-15(14)6-4-7-22-19)29-20(17)25-9-5-8-24(2)10-11-25;1-2(3)4/h4,6-7,12-13,26H,3,5,8-11H2,1-2H3;1H3,(H,3,4). The number of esters is 1. The largest absolute Gasteiger partial charge is 0.504 e. The average molecular weight is 456 g/mol. The van der Waals surface area contributed by atoms with Gasteiger partial charge in [-0.15, -0.1) is 0 Å². The number of carboxylic acids is 1. The molecule has 1 fully saturated rings. The fraction of sp³-hybridized carbons (Fsp3) is 0.391. The summed E-state index contributed by atoms with van der Waals surface area (Å²) in [6.45, 7) is 6.26. The van der Waals surface area contributed by atoms with Gasteiger partial charge in [0.05, 0.1) is 6.61 Å². The molecule has 33 heavy (non-hydrogen) atoms. The predicted molar refractivity (Wildman–Crippen MR) is 124 cm³/mol. The molecule has 4 rings (SSSR count). The van der Waals surface area contributed by atoms with Crippen molar-refractivity contribution in [2.24, 2.45) is 4.99 Å². The summed E-state index contributed by atoms with van der Waals surface area (Å²) in [5, 5.41) is 18.2. The number of rotatable bonds is 4. The Hall–Kier alpha value is -3.66. The Morgan fingerprint density at radius 1 is 1.27 bits per heavy atom. The van der Waals surface area contributed by atoms with E-state index in [-0.39, 0.29) is 23.7 Å². The molecule has 2 aromatic rings. The van der Waals surface area contributed by atoms with Crippen LogP contribution in [-0.4, -0.2) is 78.1 Å². The number of anilines is 1. The second-order valence-corrected chi connectivity index (χ2v) is 7.61. The van der Waals surface area contributed by atoms with Crippen LogP contribution in [0.1, 0.15) is 41.9 Å². The third kappa shape index (κ3) is 5.78. The molecule has 0 bridgehead atoms. The number of nitrogens with zero attached hydrogens (tertiary/aromatic N) is 4. The zero-order valence-electron chi connectivity index (χ0n) is 18.9. The van der Waals surface area contributed by atoms with Gasteiger partial charge in [0, 0.05) is 50.1 Å². The lowest BCUT2D eigenvalue weighted by Crippen LogP contribution is -2.29. The van der Waals surface area contributed by atoms with Crippen LogP contribution < -0.4 is 4.90 Å². The normalized spacial score (nSPS) is 16.7. The van der Waals surface area contributed by atoms with E-state index in [0.29, 0.717) is 18.2 Å². The first-order valence-corrected chi connectivity index (χ1v) is 10.7. The molecule has 10 heteroatoms. The number of aliphatic imine (C=N–C) groups is 1.